The van der Waals surface area contributed by atoms with Crippen LogP contribution >= 0.6 is 11.3 Å². The van der Waals surface area contributed by atoms with Crippen molar-refractivity contribution in [1.29, 1.82) is 0 Å². The Kier molecular flexibility index (Phi) is 8.26. The van der Waals surface area contributed by atoms with Gasteiger partial charge in [0.15, 0.2) is 4.80 Å². The fourth-order valence-electron chi connectivity index (χ4n) is 5.09. The van der Waals surface area contributed by atoms with Crippen molar-refractivity contribution in [2.45, 2.75) is 39.7 Å². The molecule has 1 aliphatic heterocycles. The van der Waals surface area contributed by atoms with Crippen LogP contribution in [0, 0.1) is 6.92 Å². The lowest BCUT2D eigenvalue weighted by Crippen LogP contribution is -2.40. The van der Waals surface area contributed by atoms with Crippen molar-refractivity contribution in [1.82, 2.24) is 4.57 Å². The van der Waals surface area contributed by atoms with E-state index in [2.05, 4.69) is 0 Å². The highest BCUT2D eigenvalue weighted by Crippen LogP contribution is 2.37. The Morgan fingerprint density at radius 3 is 2.62 bits per heavy atom. The Hall–Kier alpha value is -4.70. The average molecular weight is 587 g/mol. The molecule has 3 heterocycles. The third-order valence-corrected chi connectivity index (χ3v) is 7.95. The number of aryl methyl sites for hydroxylation is 1. The molecule has 10 heteroatoms. The minimum atomic E-state index is -1.00. The summed E-state index contributed by atoms with van der Waals surface area (Å²) in [7, 11) is 1.55. The monoisotopic (exact) mass is 586 g/mol. The molecule has 0 saturated heterocycles. The van der Waals surface area contributed by atoms with E-state index >= 15 is 0 Å². The molecule has 1 atom stereocenters. The number of hydrogen-bond acceptors (Lipinski definition) is 8. The number of nitrogens with zero attached hydrogens (tertiary/aromatic N) is 2. The standard InChI is InChI=1S/C32H30N2O7S/c1-5-9-23-27(31(38)40-6-2)28(22-10-7-8-11-24(22)39-4)34-29(35)26(42-32(34)33-23)17-20-13-15-25(41-20)21-14-12-19(30(36)37)16-18(21)3/h7-8,10-17,28H,5-6,9H2,1-4H3,(H,36,37)/b26-17-/t28-/m0/s1. The summed E-state index contributed by atoms with van der Waals surface area (Å²) in [4.78, 5) is 43.9. The van der Waals surface area contributed by atoms with Gasteiger partial charge in [-0.2, -0.15) is 0 Å². The van der Waals surface area contributed by atoms with E-state index < -0.39 is 18.0 Å². The molecule has 4 aromatic rings. The lowest BCUT2D eigenvalue weighted by atomic mass is 9.93. The maximum absolute atomic E-state index is 14.0. The Morgan fingerprint density at radius 2 is 1.93 bits per heavy atom. The number of aromatic nitrogens is 1. The third-order valence-electron chi connectivity index (χ3n) is 6.96. The molecule has 0 saturated carbocycles. The minimum Gasteiger partial charge on any atom is -0.496 e. The third kappa shape index (κ3) is 5.33. The molecule has 0 fully saturated rings. The fraction of sp³-hybridized carbons (Fsp3) is 0.250. The lowest BCUT2D eigenvalue weighted by molar-refractivity contribution is -0.139. The van der Waals surface area contributed by atoms with Crippen molar-refractivity contribution in [3.05, 3.63) is 108 Å². The van der Waals surface area contributed by atoms with Crippen LogP contribution in [0.4, 0.5) is 0 Å². The van der Waals surface area contributed by atoms with Crippen molar-refractivity contribution < 1.29 is 28.6 Å². The van der Waals surface area contributed by atoms with Crippen LogP contribution in [-0.4, -0.2) is 35.3 Å². The molecule has 2 aromatic heterocycles. The number of rotatable bonds is 9. The Morgan fingerprint density at radius 1 is 1.14 bits per heavy atom. The number of methoxy groups -OCH3 is 1. The van der Waals surface area contributed by atoms with Crippen molar-refractivity contribution in [3.63, 3.8) is 0 Å². The number of benzene rings is 2. The van der Waals surface area contributed by atoms with Crippen LogP contribution in [0.3, 0.4) is 0 Å². The van der Waals surface area contributed by atoms with Crippen LogP contribution in [0.5, 0.6) is 5.75 Å². The largest absolute Gasteiger partial charge is 0.496 e. The summed E-state index contributed by atoms with van der Waals surface area (Å²) in [6.45, 7) is 5.74. The number of allylic oxidation sites excluding steroid dienone is 1. The van der Waals surface area contributed by atoms with Crippen molar-refractivity contribution in [3.8, 4) is 17.1 Å². The normalized spacial score (nSPS) is 14.9. The summed E-state index contributed by atoms with van der Waals surface area (Å²) in [6.07, 6.45) is 2.94. The van der Waals surface area contributed by atoms with Gasteiger partial charge in [-0.1, -0.05) is 48.9 Å². The van der Waals surface area contributed by atoms with Gasteiger partial charge in [-0.15, -0.1) is 0 Å². The van der Waals surface area contributed by atoms with E-state index in [1.165, 1.54) is 22.0 Å². The summed E-state index contributed by atoms with van der Waals surface area (Å²) in [5.41, 5.74) is 2.93. The van der Waals surface area contributed by atoms with Crippen LogP contribution in [0.25, 0.3) is 17.4 Å². The second-order valence-corrected chi connectivity index (χ2v) is 10.7. The molecule has 1 aliphatic rings. The highest BCUT2D eigenvalue weighted by atomic mass is 32.1. The Balaban J connectivity index is 1.66. The SMILES string of the molecule is CCCC1=C(C(=O)OCC)[C@H](c2ccccc2OC)n2c(s/c(=C\c3ccc(-c4ccc(C(=O)O)cc4C)o3)c2=O)=N1. The first-order chi connectivity index (χ1) is 20.3. The molecule has 9 nitrogen and oxygen atoms in total. The number of para-hydroxylation sites is 1. The molecular weight excluding hydrogens is 556 g/mol. The molecule has 0 amide bonds. The predicted octanol–water partition coefficient (Wildman–Crippen LogP) is 4.85. The first-order valence-electron chi connectivity index (χ1n) is 13.6. The molecule has 0 unspecified atom stereocenters. The van der Waals surface area contributed by atoms with Crippen LogP contribution < -0.4 is 19.6 Å². The van der Waals surface area contributed by atoms with E-state index in [1.807, 2.05) is 32.0 Å². The number of carbonyl (C=O) groups is 2. The first-order valence-corrected chi connectivity index (χ1v) is 14.4. The predicted molar refractivity (Wildman–Crippen MR) is 158 cm³/mol. The van der Waals surface area contributed by atoms with E-state index in [4.69, 9.17) is 18.9 Å². The minimum absolute atomic E-state index is 0.185. The fourth-order valence-corrected chi connectivity index (χ4v) is 6.08. The zero-order valence-electron chi connectivity index (χ0n) is 23.7. The number of aromatic carboxylic acids is 1. The van der Waals surface area contributed by atoms with Gasteiger partial charge in [0, 0.05) is 17.2 Å². The molecule has 216 valence electrons. The number of ether oxygens (including phenoxy) is 2. The zero-order valence-corrected chi connectivity index (χ0v) is 24.5. The van der Waals surface area contributed by atoms with Gasteiger partial charge in [0.05, 0.1) is 35.1 Å². The highest BCUT2D eigenvalue weighted by Gasteiger charge is 2.35. The van der Waals surface area contributed by atoms with Gasteiger partial charge in [-0.25, -0.2) is 14.6 Å². The lowest BCUT2D eigenvalue weighted by Gasteiger charge is -2.26. The molecule has 0 aliphatic carbocycles. The van der Waals surface area contributed by atoms with Crippen molar-refractivity contribution >= 4 is 29.4 Å². The number of carboxylic acids is 1. The maximum atomic E-state index is 14.0. The van der Waals surface area contributed by atoms with Gasteiger partial charge < -0.3 is 19.0 Å². The number of thiazole rings is 1. The zero-order chi connectivity index (χ0) is 30.0. The van der Waals surface area contributed by atoms with Gasteiger partial charge in [0.25, 0.3) is 5.56 Å². The topological polar surface area (TPSA) is 120 Å². The van der Waals surface area contributed by atoms with Crippen LogP contribution in [0.1, 0.15) is 60.0 Å². The quantitative estimate of drug-likeness (QED) is 0.278. The van der Waals surface area contributed by atoms with E-state index in [0.29, 0.717) is 49.9 Å². The number of esters is 1. The van der Waals surface area contributed by atoms with Crippen LogP contribution in [0.15, 0.2) is 80.1 Å². The van der Waals surface area contributed by atoms with Crippen molar-refractivity contribution in [2.24, 2.45) is 4.99 Å². The Labute approximate surface area is 245 Å². The maximum Gasteiger partial charge on any atom is 0.338 e. The van der Waals surface area contributed by atoms with Crippen molar-refractivity contribution in [2.75, 3.05) is 13.7 Å². The number of hydrogen-bond donors (Lipinski definition) is 1. The molecule has 1 N–H and O–H groups in total. The highest BCUT2D eigenvalue weighted by molar-refractivity contribution is 7.07. The summed E-state index contributed by atoms with van der Waals surface area (Å²) in [5.74, 6) is 0.0145. The van der Waals surface area contributed by atoms with Gasteiger partial charge >= 0.3 is 11.9 Å². The van der Waals surface area contributed by atoms with Gasteiger partial charge in [-0.05, 0) is 56.2 Å². The molecule has 0 spiro atoms. The van der Waals surface area contributed by atoms with E-state index in [1.54, 1.807) is 50.4 Å². The molecule has 42 heavy (non-hydrogen) atoms. The molecular formula is C32H30N2O7S. The van der Waals surface area contributed by atoms with Gasteiger partial charge in [0.1, 0.15) is 23.3 Å². The van der Waals surface area contributed by atoms with E-state index in [-0.39, 0.29) is 17.7 Å². The average Bonchev–Trinajstić information content (AvgIpc) is 3.56. The Bertz CT molecular complexity index is 1890. The summed E-state index contributed by atoms with van der Waals surface area (Å²) in [5, 5.41) is 9.27. The smallest absolute Gasteiger partial charge is 0.338 e. The summed E-state index contributed by atoms with van der Waals surface area (Å²) >= 11 is 1.21. The van der Waals surface area contributed by atoms with E-state index in [9.17, 15) is 19.5 Å². The second kappa shape index (κ2) is 12.0. The molecule has 2 aromatic carbocycles. The second-order valence-electron chi connectivity index (χ2n) is 9.69. The summed E-state index contributed by atoms with van der Waals surface area (Å²) < 4.78 is 19.1. The van der Waals surface area contributed by atoms with Crippen LogP contribution in [0.2, 0.25) is 0 Å². The molecule has 0 bridgehead atoms. The number of carboxylic acid groups (broad SMARTS) is 1. The molecule has 5 rings (SSSR count). The van der Waals surface area contributed by atoms with Gasteiger partial charge in [0.2, 0.25) is 0 Å². The van der Waals surface area contributed by atoms with Gasteiger partial charge in [-0.3, -0.25) is 9.36 Å². The summed E-state index contributed by atoms with van der Waals surface area (Å²) in [6, 6.07) is 14.9. The van der Waals surface area contributed by atoms with Crippen LogP contribution in [-0.2, 0) is 9.53 Å². The number of furan rings is 1. The van der Waals surface area contributed by atoms with E-state index in [0.717, 1.165) is 17.5 Å². The molecule has 0 radical (unpaired) electrons. The number of fused-ring (bicyclic) bond motifs is 1. The first kappa shape index (κ1) is 28.8. The number of carbonyl (C=O) groups excluding carboxylic acids is 1.